The number of fused-ring (bicyclic) bond motifs is 1. The Bertz CT molecular complexity index is 502. The Kier molecular flexibility index (Phi) is 4.26. The summed E-state index contributed by atoms with van der Waals surface area (Å²) in [6.07, 6.45) is 1.90. The van der Waals surface area contributed by atoms with E-state index in [0.29, 0.717) is 12.3 Å². The average molecular weight is 266 g/mol. The van der Waals surface area contributed by atoms with Gasteiger partial charge in [-0.15, -0.1) is 11.6 Å². The molecule has 1 aromatic carbocycles. The molecule has 1 N–H and O–H groups in total. The number of amides is 1. The van der Waals surface area contributed by atoms with Gasteiger partial charge in [0.25, 0.3) is 5.91 Å². The number of alkyl halides is 1. The highest BCUT2D eigenvalue weighted by Crippen LogP contribution is 2.18. The third-order valence-corrected chi connectivity index (χ3v) is 3.11. The van der Waals surface area contributed by atoms with Gasteiger partial charge in [-0.3, -0.25) is 4.79 Å². The second-order valence-electron chi connectivity index (χ2n) is 4.24. The summed E-state index contributed by atoms with van der Waals surface area (Å²) in [5.41, 5.74) is 0.721. The van der Waals surface area contributed by atoms with Gasteiger partial charge in [-0.2, -0.15) is 0 Å². The Morgan fingerprint density at radius 3 is 2.94 bits per heavy atom. The highest BCUT2D eigenvalue weighted by Gasteiger charge is 2.13. The molecule has 1 unspecified atom stereocenters. The first-order chi connectivity index (χ1) is 8.70. The molecule has 0 saturated heterocycles. The standard InChI is InChI=1S/C14H16ClNO2/c1-2-5-11(15)9-16-14(17)13-8-10-6-3-4-7-12(10)18-13/h3-4,6-8,11H,2,5,9H2,1H3,(H,16,17). The summed E-state index contributed by atoms with van der Waals surface area (Å²) >= 11 is 6.05. The van der Waals surface area contributed by atoms with Crippen molar-refractivity contribution in [1.29, 1.82) is 0 Å². The Labute approximate surface area is 111 Å². The van der Waals surface area contributed by atoms with Crippen LogP contribution in [0, 0.1) is 0 Å². The van der Waals surface area contributed by atoms with Crippen LogP contribution in [0.5, 0.6) is 0 Å². The SMILES string of the molecule is CCCC(Cl)CNC(=O)c1cc2ccccc2o1. The molecule has 18 heavy (non-hydrogen) atoms. The molecule has 0 spiro atoms. The molecule has 0 aliphatic heterocycles. The molecule has 0 fully saturated rings. The molecule has 2 aromatic rings. The van der Waals surface area contributed by atoms with Crippen LogP contribution in [-0.4, -0.2) is 17.8 Å². The molecule has 0 radical (unpaired) electrons. The van der Waals surface area contributed by atoms with Crippen LogP contribution in [0.15, 0.2) is 34.7 Å². The van der Waals surface area contributed by atoms with E-state index >= 15 is 0 Å². The number of nitrogens with one attached hydrogen (secondary N) is 1. The fraction of sp³-hybridized carbons (Fsp3) is 0.357. The highest BCUT2D eigenvalue weighted by atomic mass is 35.5. The summed E-state index contributed by atoms with van der Waals surface area (Å²) in [4.78, 5) is 11.9. The zero-order chi connectivity index (χ0) is 13.0. The van der Waals surface area contributed by atoms with Gasteiger partial charge in [-0.25, -0.2) is 0 Å². The van der Waals surface area contributed by atoms with Crippen molar-refractivity contribution in [3.8, 4) is 0 Å². The molecular weight excluding hydrogens is 250 g/mol. The number of halogens is 1. The van der Waals surface area contributed by atoms with E-state index in [-0.39, 0.29) is 11.3 Å². The highest BCUT2D eigenvalue weighted by molar-refractivity contribution is 6.20. The minimum Gasteiger partial charge on any atom is -0.451 e. The Morgan fingerprint density at radius 2 is 2.22 bits per heavy atom. The van der Waals surface area contributed by atoms with Crippen LogP contribution in [0.3, 0.4) is 0 Å². The molecule has 0 aliphatic carbocycles. The molecule has 0 bridgehead atoms. The van der Waals surface area contributed by atoms with E-state index in [0.717, 1.165) is 23.8 Å². The fourth-order valence-corrected chi connectivity index (χ4v) is 2.09. The van der Waals surface area contributed by atoms with Crippen molar-refractivity contribution in [2.45, 2.75) is 25.1 Å². The third-order valence-electron chi connectivity index (χ3n) is 2.74. The largest absolute Gasteiger partial charge is 0.451 e. The molecule has 1 amide bonds. The van der Waals surface area contributed by atoms with Gasteiger partial charge in [0.2, 0.25) is 0 Å². The number of benzene rings is 1. The van der Waals surface area contributed by atoms with Crippen molar-refractivity contribution in [2.24, 2.45) is 0 Å². The molecule has 2 rings (SSSR count). The minimum atomic E-state index is -0.215. The van der Waals surface area contributed by atoms with Crippen LogP contribution in [0.25, 0.3) is 11.0 Å². The van der Waals surface area contributed by atoms with E-state index < -0.39 is 0 Å². The molecule has 1 heterocycles. The molecule has 3 nitrogen and oxygen atoms in total. The van der Waals surface area contributed by atoms with Crippen LogP contribution in [0.1, 0.15) is 30.3 Å². The van der Waals surface area contributed by atoms with E-state index in [1.165, 1.54) is 0 Å². The Balaban J connectivity index is 2.00. The summed E-state index contributed by atoms with van der Waals surface area (Å²) in [6, 6.07) is 9.29. The van der Waals surface area contributed by atoms with E-state index in [1.807, 2.05) is 24.3 Å². The van der Waals surface area contributed by atoms with Crippen LogP contribution in [0.2, 0.25) is 0 Å². The lowest BCUT2D eigenvalue weighted by Crippen LogP contribution is -2.29. The predicted molar refractivity (Wildman–Crippen MR) is 73.1 cm³/mol. The maximum Gasteiger partial charge on any atom is 0.287 e. The van der Waals surface area contributed by atoms with Gasteiger partial charge in [0.15, 0.2) is 5.76 Å². The van der Waals surface area contributed by atoms with Crippen LogP contribution < -0.4 is 5.32 Å². The van der Waals surface area contributed by atoms with Crippen molar-refractivity contribution < 1.29 is 9.21 Å². The van der Waals surface area contributed by atoms with Gasteiger partial charge in [-0.1, -0.05) is 31.5 Å². The first-order valence-corrected chi connectivity index (χ1v) is 6.55. The van der Waals surface area contributed by atoms with E-state index in [1.54, 1.807) is 6.07 Å². The molecular formula is C14H16ClNO2. The quantitative estimate of drug-likeness (QED) is 0.840. The molecule has 0 saturated carbocycles. The lowest BCUT2D eigenvalue weighted by atomic mass is 10.2. The van der Waals surface area contributed by atoms with Gasteiger partial charge >= 0.3 is 0 Å². The second-order valence-corrected chi connectivity index (χ2v) is 4.86. The number of carbonyl (C=O) groups excluding carboxylic acids is 1. The molecule has 1 atom stereocenters. The molecule has 1 aromatic heterocycles. The normalized spacial score (nSPS) is 12.6. The number of hydrogen-bond donors (Lipinski definition) is 1. The van der Waals surface area contributed by atoms with Crippen molar-refractivity contribution in [3.05, 3.63) is 36.1 Å². The van der Waals surface area contributed by atoms with Gasteiger partial charge in [0, 0.05) is 11.9 Å². The molecule has 4 heteroatoms. The summed E-state index contributed by atoms with van der Waals surface area (Å²) < 4.78 is 5.47. The summed E-state index contributed by atoms with van der Waals surface area (Å²) in [7, 11) is 0. The first kappa shape index (κ1) is 13.0. The van der Waals surface area contributed by atoms with Crippen LogP contribution >= 0.6 is 11.6 Å². The molecule has 0 aliphatic rings. The number of carbonyl (C=O) groups is 1. The second kappa shape index (κ2) is 5.91. The topological polar surface area (TPSA) is 42.2 Å². The predicted octanol–water partition coefficient (Wildman–Crippen LogP) is 3.57. The van der Waals surface area contributed by atoms with Gasteiger partial charge < -0.3 is 9.73 Å². The van der Waals surface area contributed by atoms with Crippen molar-refractivity contribution in [3.63, 3.8) is 0 Å². The fourth-order valence-electron chi connectivity index (χ4n) is 1.80. The first-order valence-electron chi connectivity index (χ1n) is 6.11. The average Bonchev–Trinajstić information content (AvgIpc) is 2.80. The number of furan rings is 1. The van der Waals surface area contributed by atoms with E-state index in [2.05, 4.69) is 12.2 Å². The maximum absolute atomic E-state index is 11.9. The van der Waals surface area contributed by atoms with Gasteiger partial charge in [0.1, 0.15) is 5.58 Å². The van der Waals surface area contributed by atoms with Gasteiger partial charge in [-0.05, 0) is 18.6 Å². The number of para-hydroxylation sites is 1. The van der Waals surface area contributed by atoms with Crippen molar-refractivity contribution in [1.82, 2.24) is 5.32 Å². The van der Waals surface area contributed by atoms with Crippen LogP contribution in [0.4, 0.5) is 0 Å². The lowest BCUT2D eigenvalue weighted by Gasteiger charge is -2.08. The van der Waals surface area contributed by atoms with Crippen molar-refractivity contribution in [2.75, 3.05) is 6.54 Å². The Morgan fingerprint density at radius 1 is 1.44 bits per heavy atom. The third kappa shape index (κ3) is 3.05. The zero-order valence-corrected chi connectivity index (χ0v) is 11.0. The minimum absolute atomic E-state index is 0.0247. The zero-order valence-electron chi connectivity index (χ0n) is 10.3. The van der Waals surface area contributed by atoms with Crippen LogP contribution in [-0.2, 0) is 0 Å². The summed E-state index contributed by atoms with van der Waals surface area (Å²) in [5, 5.41) is 3.68. The van der Waals surface area contributed by atoms with E-state index in [9.17, 15) is 4.79 Å². The van der Waals surface area contributed by atoms with Gasteiger partial charge in [0.05, 0.1) is 5.38 Å². The lowest BCUT2D eigenvalue weighted by molar-refractivity contribution is 0.0928. The Hall–Kier alpha value is -1.48. The summed E-state index contributed by atoms with van der Waals surface area (Å²) in [5.74, 6) is 0.115. The summed E-state index contributed by atoms with van der Waals surface area (Å²) in [6.45, 7) is 2.53. The van der Waals surface area contributed by atoms with Crippen molar-refractivity contribution >= 4 is 28.5 Å². The van der Waals surface area contributed by atoms with E-state index in [4.69, 9.17) is 16.0 Å². The number of rotatable bonds is 5. The maximum atomic E-state index is 11.9. The monoisotopic (exact) mass is 265 g/mol. The number of hydrogen-bond acceptors (Lipinski definition) is 2. The molecule has 96 valence electrons. The smallest absolute Gasteiger partial charge is 0.287 e.